The van der Waals surface area contributed by atoms with Crippen molar-refractivity contribution in [2.75, 3.05) is 63.9 Å². The van der Waals surface area contributed by atoms with Crippen LogP contribution in [0.3, 0.4) is 0 Å². The molecule has 0 bridgehead atoms. The summed E-state index contributed by atoms with van der Waals surface area (Å²) in [6, 6.07) is 5.86. The molecule has 0 aliphatic carbocycles. The highest BCUT2D eigenvalue weighted by Crippen LogP contribution is 2.33. The number of likely N-dealkylation sites (tertiary alicyclic amines) is 3. The standard InChI is InChI=1S/C36H49ClN6O4/c1-7-47-36(46)33(23(2)3)41-15-11-27(12-16-41)34(44)43(30-10-9-24(4)31(37)17-30)14-8-13-40-18-28-20-42(21-29(28)19-40)35(45)32-25(5)38-22-39-26(32)6/h9-10,17,22,27-29H,7-8,11-16,18-21H2,1-6H3. The highest BCUT2D eigenvalue weighted by atomic mass is 35.5. The SMILES string of the molecule is CCOC(=O)C(=C(C)C)N1CCC(C(=O)N(CCCN2CC3CN(C(=O)c4c(C)ncnc4C)CC3C2)c2ccc(C)c(Cl)c2)CC1. The number of anilines is 1. The maximum absolute atomic E-state index is 14.1. The van der Waals surface area contributed by atoms with Gasteiger partial charge in [0.1, 0.15) is 12.0 Å². The van der Waals surface area contributed by atoms with Crippen LogP contribution < -0.4 is 4.90 Å². The quantitative estimate of drug-likeness (QED) is 0.257. The third-order valence-corrected chi connectivity index (χ3v) is 10.4. The van der Waals surface area contributed by atoms with Crippen molar-refractivity contribution >= 4 is 35.1 Å². The zero-order chi connectivity index (χ0) is 33.8. The van der Waals surface area contributed by atoms with Gasteiger partial charge in [0.15, 0.2) is 0 Å². The Balaban J connectivity index is 1.18. The predicted octanol–water partition coefficient (Wildman–Crippen LogP) is 5.05. The van der Waals surface area contributed by atoms with Crippen LogP contribution in [-0.4, -0.2) is 101 Å². The topological polar surface area (TPSA) is 99.2 Å². The number of aromatic nitrogens is 2. The molecule has 3 aliphatic rings. The van der Waals surface area contributed by atoms with Crippen LogP contribution in [0, 0.1) is 38.5 Å². The molecule has 1 aromatic carbocycles. The summed E-state index contributed by atoms with van der Waals surface area (Å²) in [5, 5.41) is 0.650. The molecule has 3 saturated heterocycles. The van der Waals surface area contributed by atoms with Crippen molar-refractivity contribution in [1.82, 2.24) is 24.7 Å². The molecule has 4 heterocycles. The number of esters is 1. The van der Waals surface area contributed by atoms with Crippen LogP contribution in [0.15, 0.2) is 35.8 Å². The van der Waals surface area contributed by atoms with Crippen LogP contribution in [-0.2, 0) is 14.3 Å². The average Bonchev–Trinajstić information content (AvgIpc) is 3.60. The number of rotatable bonds is 10. The van der Waals surface area contributed by atoms with Gasteiger partial charge in [0.25, 0.3) is 5.91 Å². The number of halogens is 1. The molecule has 0 saturated carbocycles. The molecule has 5 rings (SSSR count). The highest BCUT2D eigenvalue weighted by molar-refractivity contribution is 6.31. The molecule has 2 aromatic rings. The Bertz CT molecular complexity index is 1480. The Kier molecular flexibility index (Phi) is 11.2. The van der Waals surface area contributed by atoms with E-state index in [1.54, 1.807) is 0 Å². The van der Waals surface area contributed by atoms with Crippen LogP contribution in [0.4, 0.5) is 5.69 Å². The van der Waals surface area contributed by atoms with Gasteiger partial charge in [0, 0.05) is 62.4 Å². The molecule has 11 heteroatoms. The molecule has 2 atom stereocenters. The molecule has 254 valence electrons. The summed E-state index contributed by atoms with van der Waals surface area (Å²) in [4.78, 5) is 57.0. The molecule has 0 N–H and O–H groups in total. The fourth-order valence-electron chi connectivity index (χ4n) is 7.49. The van der Waals surface area contributed by atoms with Crippen LogP contribution in [0.25, 0.3) is 0 Å². The van der Waals surface area contributed by atoms with Crippen molar-refractivity contribution in [3.63, 3.8) is 0 Å². The van der Waals surface area contributed by atoms with Gasteiger partial charge in [0.05, 0.1) is 23.6 Å². The summed E-state index contributed by atoms with van der Waals surface area (Å²) in [5.41, 5.74) is 5.43. The fourth-order valence-corrected chi connectivity index (χ4v) is 7.66. The van der Waals surface area contributed by atoms with E-state index in [0.717, 1.165) is 67.4 Å². The number of hydrogen-bond donors (Lipinski definition) is 0. The Morgan fingerprint density at radius 3 is 2.17 bits per heavy atom. The number of nitrogens with zero attached hydrogens (tertiary/aromatic N) is 6. The number of carbonyl (C=O) groups is 3. The number of ether oxygens (including phenoxy) is 1. The first-order chi connectivity index (χ1) is 22.5. The van der Waals surface area contributed by atoms with E-state index in [1.807, 2.05) is 69.5 Å². The summed E-state index contributed by atoms with van der Waals surface area (Å²) >= 11 is 6.53. The van der Waals surface area contributed by atoms with Crippen LogP contribution in [0.2, 0.25) is 5.02 Å². The molecule has 10 nitrogen and oxygen atoms in total. The Morgan fingerprint density at radius 2 is 1.60 bits per heavy atom. The Labute approximate surface area is 284 Å². The lowest BCUT2D eigenvalue weighted by Crippen LogP contribution is -2.44. The summed E-state index contributed by atoms with van der Waals surface area (Å²) < 4.78 is 5.31. The normalized spacial score (nSPS) is 19.9. The van der Waals surface area contributed by atoms with Gasteiger partial charge >= 0.3 is 5.97 Å². The fraction of sp³-hybridized carbons (Fsp3) is 0.583. The van der Waals surface area contributed by atoms with Crippen LogP contribution >= 0.6 is 11.6 Å². The molecule has 0 spiro atoms. The molecule has 2 unspecified atom stereocenters. The second-order valence-corrected chi connectivity index (χ2v) is 13.9. The summed E-state index contributed by atoms with van der Waals surface area (Å²) in [5.74, 6) is 0.615. The maximum atomic E-state index is 14.1. The van der Waals surface area contributed by atoms with Crippen molar-refractivity contribution in [1.29, 1.82) is 0 Å². The van der Waals surface area contributed by atoms with Gasteiger partial charge in [-0.05, 0) is 102 Å². The number of benzene rings is 1. The first-order valence-corrected chi connectivity index (χ1v) is 17.3. The van der Waals surface area contributed by atoms with Crippen molar-refractivity contribution in [3.05, 3.63) is 63.3 Å². The second-order valence-electron chi connectivity index (χ2n) is 13.5. The monoisotopic (exact) mass is 664 g/mol. The third-order valence-electron chi connectivity index (χ3n) is 9.98. The molecule has 1 aromatic heterocycles. The van der Waals surface area contributed by atoms with Crippen molar-refractivity contribution in [2.45, 2.75) is 60.8 Å². The number of hydrogen-bond acceptors (Lipinski definition) is 8. The van der Waals surface area contributed by atoms with E-state index in [0.29, 0.717) is 67.2 Å². The molecule has 47 heavy (non-hydrogen) atoms. The van der Waals surface area contributed by atoms with E-state index < -0.39 is 0 Å². The summed E-state index contributed by atoms with van der Waals surface area (Å²) in [7, 11) is 0. The van der Waals surface area contributed by atoms with Gasteiger partial charge < -0.3 is 24.3 Å². The van der Waals surface area contributed by atoms with Crippen LogP contribution in [0.5, 0.6) is 0 Å². The van der Waals surface area contributed by atoms with Crippen molar-refractivity contribution in [3.8, 4) is 0 Å². The van der Waals surface area contributed by atoms with E-state index in [-0.39, 0.29) is 23.7 Å². The first kappa shape index (κ1) is 34.8. The molecule has 0 radical (unpaired) electrons. The van der Waals surface area contributed by atoms with Gasteiger partial charge in [-0.25, -0.2) is 14.8 Å². The number of aryl methyl sites for hydroxylation is 3. The lowest BCUT2D eigenvalue weighted by molar-refractivity contribution is -0.140. The number of carbonyl (C=O) groups excluding carboxylic acids is 3. The van der Waals surface area contributed by atoms with E-state index in [9.17, 15) is 14.4 Å². The highest BCUT2D eigenvalue weighted by Gasteiger charge is 2.42. The molecule has 3 fully saturated rings. The number of allylic oxidation sites excluding steroid dienone is 1. The van der Waals surface area contributed by atoms with Gasteiger partial charge in [-0.1, -0.05) is 17.7 Å². The minimum Gasteiger partial charge on any atom is -0.461 e. The molecular weight excluding hydrogens is 616 g/mol. The lowest BCUT2D eigenvalue weighted by Gasteiger charge is -2.36. The third kappa shape index (κ3) is 7.81. The number of piperidine rings is 1. The largest absolute Gasteiger partial charge is 0.461 e. The zero-order valence-corrected chi connectivity index (χ0v) is 29.5. The lowest BCUT2D eigenvalue weighted by atomic mass is 9.94. The number of amides is 2. The van der Waals surface area contributed by atoms with Gasteiger partial charge in [-0.15, -0.1) is 0 Å². The minimum absolute atomic E-state index is 0.0382. The maximum Gasteiger partial charge on any atom is 0.354 e. The zero-order valence-electron chi connectivity index (χ0n) is 28.7. The molecule has 3 aliphatic heterocycles. The van der Waals surface area contributed by atoms with E-state index >= 15 is 0 Å². The Hall–Kier alpha value is -3.50. The first-order valence-electron chi connectivity index (χ1n) is 16.9. The van der Waals surface area contributed by atoms with Gasteiger partial charge in [0.2, 0.25) is 5.91 Å². The second kappa shape index (κ2) is 15.2. The Morgan fingerprint density at radius 1 is 0.957 bits per heavy atom. The minimum atomic E-state index is -0.297. The van der Waals surface area contributed by atoms with Crippen molar-refractivity contribution < 1.29 is 19.1 Å². The van der Waals surface area contributed by atoms with Crippen LogP contribution in [0.1, 0.15) is 67.3 Å². The van der Waals surface area contributed by atoms with E-state index in [1.165, 1.54) is 6.33 Å². The van der Waals surface area contributed by atoms with Gasteiger partial charge in [-0.2, -0.15) is 0 Å². The predicted molar refractivity (Wildman–Crippen MR) is 183 cm³/mol. The average molecular weight is 665 g/mol. The van der Waals surface area contributed by atoms with E-state index in [4.69, 9.17) is 16.3 Å². The molecular formula is C36H49ClN6O4. The summed E-state index contributed by atoms with van der Waals surface area (Å²) in [6.07, 6.45) is 3.69. The van der Waals surface area contributed by atoms with E-state index in [2.05, 4.69) is 19.8 Å². The van der Waals surface area contributed by atoms with Crippen molar-refractivity contribution in [2.24, 2.45) is 17.8 Å². The smallest absolute Gasteiger partial charge is 0.354 e. The number of fused-ring (bicyclic) bond motifs is 1. The summed E-state index contributed by atoms with van der Waals surface area (Å²) in [6.45, 7) is 17.9. The van der Waals surface area contributed by atoms with Gasteiger partial charge in [-0.3, -0.25) is 9.59 Å². The molecule has 2 amide bonds.